The van der Waals surface area contributed by atoms with Crippen molar-refractivity contribution in [3.63, 3.8) is 0 Å². The number of hydrogen-bond acceptors (Lipinski definition) is 5. The molecule has 1 fully saturated rings. The number of rotatable bonds is 2. The van der Waals surface area contributed by atoms with Gasteiger partial charge in [-0.1, -0.05) is 0 Å². The summed E-state index contributed by atoms with van der Waals surface area (Å²) < 4.78 is 5.74. The number of aromatic hydroxyl groups is 1. The molecule has 2 aromatic heterocycles. The quantitative estimate of drug-likeness (QED) is 0.861. The molecule has 7 heteroatoms. The van der Waals surface area contributed by atoms with Gasteiger partial charge in [0.15, 0.2) is 5.65 Å². The highest BCUT2D eigenvalue weighted by Crippen LogP contribution is 2.22. The maximum absolute atomic E-state index is 10.8. The van der Waals surface area contributed by atoms with Gasteiger partial charge in [0, 0.05) is 24.4 Å². The molecule has 7 nitrogen and oxygen atoms in total. The monoisotopic (exact) mass is 275 g/mol. The van der Waals surface area contributed by atoms with Gasteiger partial charge < -0.3 is 19.8 Å². The lowest BCUT2D eigenvalue weighted by molar-refractivity contribution is 0.145. The third-order valence-electron chi connectivity index (χ3n) is 3.22. The summed E-state index contributed by atoms with van der Waals surface area (Å²) in [6.45, 7) is 0.845. The SMILES string of the molecule is O=C(O)N1CC[C@@H](Oc2cnc3nc(O)ccc3c2)C1. The molecule has 2 aromatic rings. The lowest BCUT2D eigenvalue weighted by Gasteiger charge is -2.14. The number of fused-ring (bicyclic) bond motifs is 1. The minimum absolute atomic E-state index is 0.0773. The molecule has 1 aliphatic rings. The Morgan fingerprint density at radius 3 is 3.05 bits per heavy atom. The van der Waals surface area contributed by atoms with E-state index in [1.807, 2.05) is 0 Å². The number of carboxylic acid groups (broad SMARTS) is 1. The number of pyridine rings is 2. The highest BCUT2D eigenvalue weighted by molar-refractivity contribution is 5.76. The Balaban J connectivity index is 1.75. The standard InChI is InChI=1S/C13H13N3O4/c17-11-2-1-8-5-10(6-14-12(8)15-11)20-9-3-4-16(7-9)13(18)19/h1-2,5-6,9H,3-4,7H2,(H,18,19)(H,14,15,17)/t9-/m1/s1. The van der Waals surface area contributed by atoms with Crippen LogP contribution >= 0.6 is 0 Å². The number of amides is 1. The summed E-state index contributed by atoms with van der Waals surface area (Å²) in [7, 11) is 0. The van der Waals surface area contributed by atoms with Gasteiger partial charge in [0.2, 0.25) is 5.88 Å². The van der Waals surface area contributed by atoms with Gasteiger partial charge in [-0.2, -0.15) is 4.98 Å². The molecule has 0 spiro atoms. The molecule has 20 heavy (non-hydrogen) atoms. The van der Waals surface area contributed by atoms with E-state index in [2.05, 4.69) is 9.97 Å². The van der Waals surface area contributed by atoms with E-state index in [0.29, 0.717) is 30.9 Å². The van der Waals surface area contributed by atoms with Crippen LogP contribution in [0.15, 0.2) is 24.4 Å². The summed E-state index contributed by atoms with van der Waals surface area (Å²) in [6.07, 6.45) is 1.11. The molecule has 1 aliphatic heterocycles. The maximum Gasteiger partial charge on any atom is 0.407 e. The molecule has 0 bridgehead atoms. The minimum Gasteiger partial charge on any atom is -0.493 e. The Morgan fingerprint density at radius 2 is 2.30 bits per heavy atom. The van der Waals surface area contributed by atoms with Crippen LogP contribution in [0.5, 0.6) is 11.6 Å². The van der Waals surface area contributed by atoms with Crippen LogP contribution in [0.25, 0.3) is 11.0 Å². The first-order valence-corrected chi connectivity index (χ1v) is 6.22. The summed E-state index contributed by atoms with van der Waals surface area (Å²) in [6, 6.07) is 4.96. The zero-order valence-corrected chi connectivity index (χ0v) is 10.6. The van der Waals surface area contributed by atoms with Gasteiger partial charge in [0.05, 0.1) is 12.7 Å². The van der Waals surface area contributed by atoms with Crippen LogP contribution in [0.4, 0.5) is 4.79 Å². The van der Waals surface area contributed by atoms with Crippen LogP contribution in [0.3, 0.4) is 0 Å². The van der Waals surface area contributed by atoms with E-state index < -0.39 is 6.09 Å². The molecule has 1 saturated heterocycles. The van der Waals surface area contributed by atoms with E-state index in [0.717, 1.165) is 5.39 Å². The third kappa shape index (κ3) is 2.42. The fourth-order valence-corrected chi connectivity index (χ4v) is 2.24. The first kappa shape index (κ1) is 12.5. The van der Waals surface area contributed by atoms with Gasteiger partial charge in [-0.05, 0) is 12.1 Å². The Hall–Kier alpha value is -2.57. The van der Waals surface area contributed by atoms with E-state index in [-0.39, 0.29) is 12.0 Å². The first-order chi connectivity index (χ1) is 9.61. The molecular formula is C13H13N3O4. The van der Waals surface area contributed by atoms with Crippen molar-refractivity contribution in [2.24, 2.45) is 0 Å². The molecule has 0 aromatic carbocycles. The normalized spacial score (nSPS) is 18.4. The van der Waals surface area contributed by atoms with Gasteiger partial charge in [0.1, 0.15) is 11.9 Å². The summed E-state index contributed by atoms with van der Waals surface area (Å²) in [5.41, 5.74) is 0.441. The topological polar surface area (TPSA) is 95.8 Å². The summed E-state index contributed by atoms with van der Waals surface area (Å²) in [4.78, 5) is 20.2. The number of ether oxygens (including phenoxy) is 1. The molecule has 2 N–H and O–H groups in total. The van der Waals surface area contributed by atoms with E-state index in [1.54, 1.807) is 12.1 Å². The fourth-order valence-electron chi connectivity index (χ4n) is 2.24. The predicted molar refractivity (Wildman–Crippen MR) is 69.8 cm³/mol. The number of hydrogen-bond donors (Lipinski definition) is 2. The predicted octanol–water partition coefficient (Wildman–Crippen LogP) is 1.47. The third-order valence-corrected chi connectivity index (χ3v) is 3.22. The minimum atomic E-state index is -0.924. The van der Waals surface area contributed by atoms with E-state index in [9.17, 15) is 9.90 Å². The Bertz CT molecular complexity index is 661. The Morgan fingerprint density at radius 1 is 1.45 bits per heavy atom. The van der Waals surface area contributed by atoms with Crippen molar-refractivity contribution >= 4 is 17.1 Å². The average Bonchev–Trinajstić information content (AvgIpc) is 2.88. The second-order valence-corrected chi connectivity index (χ2v) is 4.64. The zero-order valence-electron chi connectivity index (χ0n) is 10.6. The van der Waals surface area contributed by atoms with Gasteiger partial charge >= 0.3 is 6.09 Å². The Kier molecular flexibility index (Phi) is 3.02. The molecule has 1 atom stereocenters. The maximum atomic E-state index is 10.8. The lowest BCUT2D eigenvalue weighted by Crippen LogP contribution is -2.29. The van der Waals surface area contributed by atoms with E-state index >= 15 is 0 Å². The lowest BCUT2D eigenvalue weighted by atomic mass is 10.2. The fraction of sp³-hybridized carbons (Fsp3) is 0.308. The smallest absolute Gasteiger partial charge is 0.407 e. The second kappa shape index (κ2) is 4.84. The molecule has 0 radical (unpaired) electrons. The second-order valence-electron chi connectivity index (χ2n) is 4.64. The number of nitrogens with zero attached hydrogens (tertiary/aromatic N) is 3. The number of aromatic nitrogens is 2. The van der Waals surface area contributed by atoms with Gasteiger partial charge in [-0.15, -0.1) is 0 Å². The molecule has 0 unspecified atom stereocenters. The van der Waals surface area contributed by atoms with Crippen molar-refractivity contribution in [2.45, 2.75) is 12.5 Å². The summed E-state index contributed by atoms with van der Waals surface area (Å²) in [5.74, 6) is 0.494. The van der Waals surface area contributed by atoms with Crippen molar-refractivity contribution in [2.75, 3.05) is 13.1 Å². The van der Waals surface area contributed by atoms with Crippen molar-refractivity contribution in [3.8, 4) is 11.6 Å². The molecule has 3 rings (SSSR count). The molecule has 0 saturated carbocycles. The van der Waals surface area contributed by atoms with Crippen LogP contribution in [0.2, 0.25) is 0 Å². The summed E-state index contributed by atoms with van der Waals surface area (Å²) in [5, 5.41) is 18.9. The summed E-state index contributed by atoms with van der Waals surface area (Å²) >= 11 is 0. The zero-order chi connectivity index (χ0) is 14.1. The number of likely N-dealkylation sites (tertiary alicyclic amines) is 1. The van der Waals surface area contributed by atoms with Gasteiger partial charge in [-0.3, -0.25) is 0 Å². The molecule has 1 amide bonds. The largest absolute Gasteiger partial charge is 0.493 e. The first-order valence-electron chi connectivity index (χ1n) is 6.22. The molecule has 104 valence electrons. The molecular weight excluding hydrogens is 262 g/mol. The number of carbonyl (C=O) groups is 1. The Labute approximate surface area is 114 Å². The van der Waals surface area contributed by atoms with Crippen LogP contribution in [-0.4, -0.2) is 50.4 Å². The molecule has 0 aliphatic carbocycles. The van der Waals surface area contributed by atoms with Crippen LogP contribution in [0, 0.1) is 0 Å². The van der Waals surface area contributed by atoms with E-state index in [1.165, 1.54) is 17.2 Å². The van der Waals surface area contributed by atoms with Crippen LogP contribution < -0.4 is 4.74 Å². The van der Waals surface area contributed by atoms with Crippen molar-refractivity contribution in [1.29, 1.82) is 0 Å². The van der Waals surface area contributed by atoms with Crippen molar-refractivity contribution in [1.82, 2.24) is 14.9 Å². The highest BCUT2D eigenvalue weighted by atomic mass is 16.5. The van der Waals surface area contributed by atoms with Crippen molar-refractivity contribution < 1.29 is 19.7 Å². The van der Waals surface area contributed by atoms with Crippen LogP contribution in [-0.2, 0) is 0 Å². The average molecular weight is 275 g/mol. The highest BCUT2D eigenvalue weighted by Gasteiger charge is 2.27. The molecule has 3 heterocycles. The van der Waals surface area contributed by atoms with Crippen LogP contribution in [0.1, 0.15) is 6.42 Å². The van der Waals surface area contributed by atoms with Crippen molar-refractivity contribution in [3.05, 3.63) is 24.4 Å². The van der Waals surface area contributed by atoms with E-state index in [4.69, 9.17) is 9.84 Å². The van der Waals surface area contributed by atoms with Gasteiger partial charge in [-0.25, -0.2) is 9.78 Å². The van der Waals surface area contributed by atoms with Gasteiger partial charge in [0.25, 0.3) is 0 Å².